The number of carbonyl (C=O) groups is 1. The van der Waals surface area contributed by atoms with E-state index in [9.17, 15) is 4.79 Å². The molecule has 2 aromatic carbocycles. The second-order valence-corrected chi connectivity index (χ2v) is 7.59. The molecule has 1 amide bonds. The van der Waals surface area contributed by atoms with Crippen LogP contribution in [0.3, 0.4) is 0 Å². The molecule has 1 aliphatic heterocycles. The first-order chi connectivity index (χ1) is 12.0. The molecule has 1 N–H and O–H groups in total. The van der Waals surface area contributed by atoms with Crippen LogP contribution in [0.25, 0.3) is 10.8 Å². The monoisotopic (exact) mass is 420 g/mol. The molecule has 25 heavy (non-hydrogen) atoms. The van der Waals surface area contributed by atoms with Crippen LogP contribution in [0, 0.1) is 5.92 Å². The van der Waals surface area contributed by atoms with Gasteiger partial charge in [-0.05, 0) is 63.7 Å². The SMILES string of the molecule is CC1CCN(C(=S)NC(=O)COc2ccc3ccccc3c2Br)CC1. The van der Waals surface area contributed by atoms with Gasteiger partial charge < -0.3 is 15.0 Å². The Labute approximate surface area is 161 Å². The van der Waals surface area contributed by atoms with E-state index in [4.69, 9.17) is 17.0 Å². The highest BCUT2D eigenvalue weighted by Gasteiger charge is 2.19. The average molecular weight is 421 g/mol. The quantitative estimate of drug-likeness (QED) is 0.758. The highest BCUT2D eigenvalue weighted by atomic mass is 79.9. The van der Waals surface area contributed by atoms with Gasteiger partial charge in [0.15, 0.2) is 11.7 Å². The number of piperidine rings is 1. The number of nitrogens with zero attached hydrogens (tertiary/aromatic N) is 1. The summed E-state index contributed by atoms with van der Waals surface area (Å²) in [7, 11) is 0. The summed E-state index contributed by atoms with van der Waals surface area (Å²) in [6.45, 7) is 3.98. The Bertz CT molecular complexity index is 788. The van der Waals surface area contributed by atoms with Crippen LogP contribution < -0.4 is 10.1 Å². The van der Waals surface area contributed by atoms with E-state index in [1.807, 2.05) is 36.4 Å². The number of hydrogen-bond acceptors (Lipinski definition) is 3. The molecule has 0 bridgehead atoms. The molecule has 2 aromatic rings. The van der Waals surface area contributed by atoms with Crippen LogP contribution in [-0.2, 0) is 4.79 Å². The first kappa shape index (κ1) is 18.1. The smallest absolute Gasteiger partial charge is 0.264 e. The number of amides is 1. The van der Waals surface area contributed by atoms with Crippen LogP contribution in [0.2, 0.25) is 0 Å². The standard InChI is InChI=1S/C19H21BrN2O2S/c1-13-8-10-22(11-9-13)19(25)21-17(23)12-24-16-7-6-14-4-2-3-5-15(14)18(16)20/h2-7,13H,8-12H2,1H3,(H,21,23,25). The van der Waals surface area contributed by atoms with Crippen LogP contribution in [-0.4, -0.2) is 35.6 Å². The number of benzene rings is 2. The fourth-order valence-corrected chi connectivity index (χ4v) is 3.82. The number of nitrogens with one attached hydrogen (secondary N) is 1. The Balaban J connectivity index is 1.55. The number of carbonyl (C=O) groups excluding carboxylic acids is 1. The zero-order valence-electron chi connectivity index (χ0n) is 14.1. The van der Waals surface area contributed by atoms with Crippen LogP contribution in [0.5, 0.6) is 5.75 Å². The molecule has 1 fully saturated rings. The molecule has 1 aliphatic rings. The zero-order valence-corrected chi connectivity index (χ0v) is 16.5. The Morgan fingerprint density at radius 2 is 2.00 bits per heavy atom. The first-order valence-corrected chi connectivity index (χ1v) is 9.63. The number of fused-ring (bicyclic) bond motifs is 1. The van der Waals surface area contributed by atoms with E-state index in [-0.39, 0.29) is 12.5 Å². The van der Waals surface area contributed by atoms with Crippen molar-refractivity contribution in [2.75, 3.05) is 19.7 Å². The summed E-state index contributed by atoms with van der Waals surface area (Å²) >= 11 is 8.90. The molecule has 6 heteroatoms. The van der Waals surface area contributed by atoms with Gasteiger partial charge in [-0.3, -0.25) is 4.79 Å². The van der Waals surface area contributed by atoms with E-state index in [1.54, 1.807) is 0 Å². The minimum Gasteiger partial charge on any atom is -0.483 e. The Morgan fingerprint density at radius 1 is 1.28 bits per heavy atom. The molecular formula is C19H21BrN2O2S. The zero-order chi connectivity index (χ0) is 17.8. The topological polar surface area (TPSA) is 41.6 Å². The average Bonchev–Trinajstić information content (AvgIpc) is 2.62. The molecule has 4 nitrogen and oxygen atoms in total. The third-order valence-corrected chi connectivity index (χ3v) is 5.68. The van der Waals surface area contributed by atoms with Gasteiger partial charge in [-0.15, -0.1) is 0 Å². The van der Waals surface area contributed by atoms with Crippen molar-refractivity contribution in [3.05, 3.63) is 40.9 Å². The van der Waals surface area contributed by atoms with Gasteiger partial charge in [0.2, 0.25) is 0 Å². The lowest BCUT2D eigenvalue weighted by Crippen LogP contribution is -2.47. The molecule has 0 aromatic heterocycles. The summed E-state index contributed by atoms with van der Waals surface area (Å²) in [5.74, 6) is 1.14. The lowest BCUT2D eigenvalue weighted by Gasteiger charge is -2.32. The Kier molecular flexibility index (Phi) is 5.91. The van der Waals surface area contributed by atoms with Crippen LogP contribution in [0.4, 0.5) is 0 Å². The molecule has 0 saturated carbocycles. The summed E-state index contributed by atoms with van der Waals surface area (Å²) in [5, 5.41) is 5.44. The maximum absolute atomic E-state index is 12.1. The van der Waals surface area contributed by atoms with E-state index >= 15 is 0 Å². The lowest BCUT2D eigenvalue weighted by atomic mass is 10.00. The molecule has 3 rings (SSSR count). The van der Waals surface area contributed by atoms with E-state index in [0.717, 1.165) is 47.1 Å². The largest absolute Gasteiger partial charge is 0.483 e. The number of ether oxygens (including phenoxy) is 1. The van der Waals surface area contributed by atoms with Crippen LogP contribution >= 0.6 is 28.1 Å². The Morgan fingerprint density at radius 3 is 2.76 bits per heavy atom. The van der Waals surface area contributed by atoms with E-state index in [1.165, 1.54) is 0 Å². The van der Waals surface area contributed by atoms with Crippen molar-refractivity contribution in [1.82, 2.24) is 10.2 Å². The normalized spacial score (nSPS) is 15.2. The van der Waals surface area contributed by atoms with Gasteiger partial charge in [-0.25, -0.2) is 0 Å². The van der Waals surface area contributed by atoms with Gasteiger partial charge in [0.25, 0.3) is 5.91 Å². The fourth-order valence-electron chi connectivity index (χ4n) is 2.91. The van der Waals surface area contributed by atoms with Crippen molar-refractivity contribution in [2.45, 2.75) is 19.8 Å². The number of thiocarbonyl (C=S) groups is 1. The summed E-state index contributed by atoms with van der Waals surface area (Å²) in [5.41, 5.74) is 0. The molecule has 0 unspecified atom stereocenters. The first-order valence-electron chi connectivity index (χ1n) is 8.43. The molecule has 0 spiro atoms. The second kappa shape index (κ2) is 8.15. The Hall–Kier alpha value is -1.66. The van der Waals surface area contributed by atoms with Crippen molar-refractivity contribution in [1.29, 1.82) is 0 Å². The highest BCUT2D eigenvalue weighted by Crippen LogP contribution is 2.32. The molecule has 0 aliphatic carbocycles. The minimum atomic E-state index is -0.233. The molecule has 132 valence electrons. The summed E-state index contributed by atoms with van der Waals surface area (Å²) in [6.07, 6.45) is 2.22. The molecule has 0 radical (unpaired) electrons. The van der Waals surface area contributed by atoms with E-state index in [2.05, 4.69) is 33.1 Å². The number of rotatable bonds is 3. The van der Waals surface area contributed by atoms with Gasteiger partial charge in [0.05, 0.1) is 4.47 Å². The van der Waals surface area contributed by atoms with Crippen molar-refractivity contribution in [2.24, 2.45) is 5.92 Å². The second-order valence-electron chi connectivity index (χ2n) is 6.41. The fraction of sp³-hybridized carbons (Fsp3) is 0.368. The third-order valence-electron chi connectivity index (χ3n) is 4.50. The maximum atomic E-state index is 12.1. The van der Waals surface area contributed by atoms with Crippen LogP contribution in [0.1, 0.15) is 19.8 Å². The summed E-state index contributed by atoms with van der Waals surface area (Å²) in [4.78, 5) is 14.2. The van der Waals surface area contributed by atoms with E-state index < -0.39 is 0 Å². The summed E-state index contributed by atoms with van der Waals surface area (Å²) in [6, 6.07) is 11.9. The van der Waals surface area contributed by atoms with Crippen molar-refractivity contribution < 1.29 is 9.53 Å². The van der Waals surface area contributed by atoms with Crippen molar-refractivity contribution in [3.63, 3.8) is 0 Å². The van der Waals surface area contributed by atoms with E-state index in [0.29, 0.717) is 10.9 Å². The summed E-state index contributed by atoms with van der Waals surface area (Å²) < 4.78 is 6.53. The van der Waals surface area contributed by atoms with Gasteiger partial charge >= 0.3 is 0 Å². The molecule has 1 saturated heterocycles. The van der Waals surface area contributed by atoms with Gasteiger partial charge in [0.1, 0.15) is 5.75 Å². The predicted molar refractivity (Wildman–Crippen MR) is 108 cm³/mol. The molecule has 0 atom stereocenters. The third kappa shape index (κ3) is 4.50. The van der Waals surface area contributed by atoms with Gasteiger partial charge in [-0.2, -0.15) is 0 Å². The lowest BCUT2D eigenvalue weighted by molar-refractivity contribution is -0.121. The van der Waals surface area contributed by atoms with Crippen LogP contribution in [0.15, 0.2) is 40.9 Å². The van der Waals surface area contributed by atoms with Crippen molar-refractivity contribution in [3.8, 4) is 5.75 Å². The molecule has 1 heterocycles. The predicted octanol–water partition coefficient (Wildman–Crippen LogP) is 4.11. The number of halogens is 1. The minimum absolute atomic E-state index is 0.0681. The van der Waals surface area contributed by atoms with Gasteiger partial charge in [-0.1, -0.05) is 37.3 Å². The van der Waals surface area contributed by atoms with Crippen molar-refractivity contribution >= 4 is 49.9 Å². The maximum Gasteiger partial charge on any atom is 0.264 e. The van der Waals surface area contributed by atoms with Gasteiger partial charge in [0, 0.05) is 13.1 Å². The number of hydrogen-bond donors (Lipinski definition) is 1. The molecular weight excluding hydrogens is 400 g/mol. The number of likely N-dealkylation sites (tertiary alicyclic amines) is 1. The highest BCUT2D eigenvalue weighted by molar-refractivity contribution is 9.10.